The molecule has 0 radical (unpaired) electrons. The minimum Gasteiger partial charge on any atom is -0.481 e. The smallest absolute Gasteiger partial charge is 0.481 e. The Bertz CT molecular complexity index is 277. The lowest BCUT2D eigenvalue weighted by Crippen LogP contribution is -2.57. The number of hydrogen-bond donors (Lipinski definition) is 3. The van der Waals surface area contributed by atoms with Crippen LogP contribution >= 0.6 is 11.8 Å². The molecule has 0 aromatic carbocycles. The molecule has 86 valence electrons. The van der Waals surface area contributed by atoms with Crippen molar-refractivity contribution in [3.05, 3.63) is 0 Å². The summed E-state index contributed by atoms with van der Waals surface area (Å²) in [5, 5.41) is 25.0. The Kier molecular flexibility index (Phi) is 4.56. The van der Waals surface area contributed by atoms with Gasteiger partial charge in [-0.2, -0.15) is 9.59 Å². The Morgan fingerprint density at radius 2 is 1.60 bits per heavy atom. The minimum absolute atomic E-state index is 0.338. The van der Waals surface area contributed by atoms with Crippen LogP contribution in [0.25, 0.3) is 0 Å². The van der Waals surface area contributed by atoms with Gasteiger partial charge in [0.2, 0.25) is 0 Å². The highest BCUT2D eigenvalue weighted by Crippen LogP contribution is 2.22. The van der Waals surface area contributed by atoms with E-state index in [0.717, 1.165) is 18.8 Å². The molecule has 2 amide bonds. The fraction of sp³-hybridized carbons (Fsp3) is 0.571. The van der Waals surface area contributed by atoms with E-state index in [1.807, 2.05) is 0 Å². The van der Waals surface area contributed by atoms with E-state index in [2.05, 4.69) is 0 Å². The molecule has 0 aromatic rings. The summed E-state index contributed by atoms with van der Waals surface area (Å²) >= 11 is 0.759. The summed E-state index contributed by atoms with van der Waals surface area (Å²) in [6.45, 7) is 1.36. The quantitative estimate of drug-likeness (QED) is 0.493. The van der Waals surface area contributed by atoms with Gasteiger partial charge < -0.3 is 15.3 Å². The summed E-state index contributed by atoms with van der Waals surface area (Å²) < 4.78 is -1.27. The van der Waals surface area contributed by atoms with E-state index in [9.17, 15) is 14.4 Å². The fourth-order valence-corrected chi connectivity index (χ4v) is 1.60. The fourth-order valence-electron chi connectivity index (χ4n) is 0.734. The van der Waals surface area contributed by atoms with E-state index in [4.69, 9.17) is 15.3 Å². The maximum absolute atomic E-state index is 10.8. The molecule has 0 bridgehead atoms. The second-order valence-corrected chi connectivity index (χ2v) is 4.25. The Morgan fingerprint density at radius 1 is 1.20 bits per heavy atom. The third-order valence-corrected chi connectivity index (χ3v) is 3.29. The summed E-state index contributed by atoms with van der Waals surface area (Å²) in [5.74, 6) is -1.45. The summed E-state index contributed by atoms with van der Waals surface area (Å²) in [7, 11) is 1.00. The summed E-state index contributed by atoms with van der Waals surface area (Å²) in [6, 6.07) is 0. The maximum atomic E-state index is 10.8. The van der Waals surface area contributed by atoms with Crippen molar-refractivity contribution < 1.29 is 34.2 Å². The summed E-state index contributed by atoms with van der Waals surface area (Å²) in [6.07, 6.45) is -3.07. The monoisotopic (exact) mass is 238 g/mol. The van der Waals surface area contributed by atoms with Crippen LogP contribution in [0.1, 0.15) is 6.92 Å². The lowest BCUT2D eigenvalue weighted by molar-refractivity contribution is -0.771. The number of nitrogens with zero attached hydrogens (tertiary/aromatic N) is 1. The van der Waals surface area contributed by atoms with Crippen LogP contribution in [0.5, 0.6) is 0 Å². The molecule has 0 aromatic heterocycles. The third-order valence-electron chi connectivity index (χ3n) is 1.97. The molecule has 0 aliphatic rings. The number of rotatable bonds is 4. The van der Waals surface area contributed by atoms with Crippen molar-refractivity contribution in [1.29, 1.82) is 0 Å². The second-order valence-electron chi connectivity index (χ2n) is 2.94. The van der Waals surface area contributed by atoms with Crippen LogP contribution in [0.3, 0.4) is 0 Å². The zero-order chi connectivity index (χ0) is 12.2. The van der Waals surface area contributed by atoms with Crippen molar-refractivity contribution in [2.75, 3.05) is 12.8 Å². The topological polar surface area (TPSA) is 112 Å². The number of amides is 2. The number of thioether (sulfide) groups is 1. The number of hydrogen-bond acceptors (Lipinski definition) is 4. The molecule has 0 heterocycles. The van der Waals surface area contributed by atoms with Crippen LogP contribution < -0.4 is 0 Å². The molecular formula is C7H12NO6S+. The van der Waals surface area contributed by atoms with Gasteiger partial charge in [-0.3, -0.25) is 4.79 Å². The highest BCUT2D eigenvalue weighted by atomic mass is 32.2. The molecule has 0 rings (SSSR count). The average Bonchev–Trinajstić information content (AvgIpc) is 2.11. The number of carbonyl (C=O) groups is 3. The first-order valence-corrected chi connectivity index (χ1v) is 4.94. The third kappa shape index (κ3) is 3.10. The van der Waals surface area contributed by atoms with E-state index in [1.54, 1.807) is 0 Å². The molecule has 7 nitrogen and oxygen atoms in total. The lowest BCUT2D eigenvalue weighted by Gasteiger charge is -2.27. The van der Waals surface area contributed by atoms with Gasteiger partial charge in [-0.25, -0.2) is 0 Å². The Balaban J connectivity index is 4.72. The van der Waals surface area contributed by atoms with Gasteiger partial charge in [0.15, 0.2) is 5.37 Å². The van der Waals surface area contributed by atoms with Gasteiger partial charge in [0.05, 0.1) is 12.8 Å². The van der Waals surface area contributed by atoms with Crippen LogP contribution in [-0.4, -0.2) is 56.1 Å². The number of carboxylic acid groups (broad SMARTS) is 3. The highest BCUT2D eigenvalue weighted by Gasteiger charge is 2.46. The maximum Gasteiger partial charge on any atom is 0.524 e. The Morgan fingerprint density at radius 3 is 1.87 bits per heavy atom. The van der Waals surface area contributed by atoms with Crippen molar-refractivity contribution in [3.63, 3.8) is 0 Å². The molecule has 0 saturated carbocycles. The van der Waals surface area contributed by atoms with Gasteiger partial charge in [0.25, 0.3) is 0 Å². The first-order chi connectivity index (χ1) is 6.72. The molecule has 1 atom stereocenters. The first-order valence-electron chi connectivity index (χ1n) is 3.89. The minimum atomic E-state index is -1.53. The highest BCUT2D eigenvalue weighted by molar-refractivity contribution is 8.00. The second kappa shape index (κ2) is 4.99. The van der Waals surface area contributed by atoms with Crippen molar-refractivity contribution in [2.45, 2.75) is 12.3 Å². The number of imide groups is 1. The largest absolute Gasteiger partial charge is 0.524 e. The average molecular weight is 238 g/mol. The molecular weight excluding hydrogens is 226 g/mol. The van der Waals surface area contributed by atoms with Crippen molar-refractivity contribution in [3.8, 4) is 0 Å². The summed E-state index contributed by atoms with van der Waals surface area (Å²) in [5.41, 5.74) is 0. The van der Waals surface area contributed by atoms with Crippen LogP contribution in [0.4, 0.5) is 9.59 Å². The normalized spacial score (nSPS) is 13.2. The van der Waals surface area contributed by atoms with Gasteiger partial charge >= 0.3 is 18.2 Å². The van der Waals surface area contributed by atoms with Gasteiger partial charge in [0.1, 0.15) is 0 Å². The number of quaternary nitrogens is 1. The van der Waals surface area contributed by atoms with Crippen LogP contribution in [0, 0.1) is 0 Å². The van der Waals surface area contributed by atoms with E-state index in [-0.39, 0.29) is 5.75 Å². The standard InChI is InChI=1S/C7H11NO6S/c1-4(15-3-5(9)10)8(2,6(11)12)7(13)14/h4H,3H2,1-2H3,(H2-,9,10,11,12,13,14)/p+1. The summed E-state index contributed by atoms with van der Waals surface area (Å²) in [4.78, 5) is 31.8. The molecule has 0 aliphatic heterocycles. The zero-order valence-electron chi connectivity index (χ0n) is 8.21. The van der Waals surface area contributed by atoms with Gasteiger partial charge in [-0.1, -0.05) is 11.8 Å². The Hall–Kier alpha value is -1.28. The molecule has 0 saturated heterocycles. The molecule has 0 fully saturated rings. The molecule has 15 heavy (non-hydrogen) atoms. The lowest BCUT2D eigenvalue weighted by atomic mass is 10.5. The van der Waals surface area contributed by atoms with E-state index >= 15 is 0 Å². The van der Waals surface area contributed by atoms with Crippen LogP contribution in [0.2, 0.25) is 0 Å². The van der Waals surface area contributed by atoms with E-state index < -0.39 is 28.0 Å². The van der Waals surface area contributed by atoms with Crippen molar-refractivity contribution in [1.82, 2.24) is 0 Å². The number of carboxylic acids is 1. The molecule has 0 aliphatic carbocycles. The molecule has 3 N–H and O–H groups in total. The molecule has 0 spiro atoms. The Labute approximate surface area is 89.9 Å². The van der Waals surface area contributed by atoms with Crippen molar-refractivity contribution >= 4 is 29.9 Å². The van der Waals surface area contributed by atoms with Crippen LogP contribution in [0.15, 0.2) is 0 Å². The van der Waals surface area contributed by atoms with E-state index in [1.165, 1.54) is 6.92 Å². The van der Waals surface area contributed by atoms with Gasteiger partial charge in [0, 0.05) is 0 Å². The van der Waals surface area contributed by atoms with Gasteiger partial charge in [-0.15, -0.1) is 4.48 Å². The number of aliphatic carboxylic acids is 1. The first kappa shape index (κ1) is 13.7. The van der Waals surface area contributed by atoms with Crippen LogP contribution in [-0.2, 0) is 4.79 Å². The van der Waals surface area contributed by atoms with E-state index in [0.29, 0.717) is 0 Å². The predicted octanol–water partition coefficient (Wildman–Crippen LogP) is 0.953. The molecule has 1 unspecified atom stereocenters. The molecule has 8 heteroatoms. The zero-order valence-corrected chi connectivity index (χ0v) is 9.02. The SMILES string of the molecule is CC(SCC(=O)O)[N+](C)(C(=O)O)C(=O)O. The van der Waals surface area contributed by atoms with Gasteiger partial charge in [-0.05, 0) is 6.92 Å². The predicted molar refractivity (Wildman–Crippen MR) is 51.8 cm³/mol. The van der Waals surface area contributed by atoms with Crippen molar-refractivity contribution in [2.24, 2.45) is 0 Å².